The molecular formula is C25H27ClN4O4S2. The van der Waals surface area contributed by atoms with Crippen LogP contribution in [0.4, 0.5) is 0 Å². The molecule has 1 atom stereocenters. The summed E-state index contributed by atoms with van der Waals surface area (Å²) in [6, 6.07) is 11.0. The number of hydrogen-bond acceptors (Lipinski definition) is 6. The minimum absolute atomic E-state index is 0.0818. The van der Waals surface area contributed by atoms with Gasteiger partial charge in [-0.25, -0.2) is 8.42 Å². The molecule has 1 aliphatic heterocycles. The van der Waals surface area contributed by atoms with Crippen LogP contribution >= 0.6 is 22.9 Å². The molecule has 36 heavy (non-hydrogen) atoms. The van der Waals surface area contributed by atoms with E-state index in [0.717, 1.165) is 15.6 Å². The van der Waals surface area contributed by atoms with Crippen LogP contribution in [-0.4, -0.2) is 79.1 Å². The molecule has 4 rings (SSSR count). The van der Waals surface area contributed by atoms with Crippen LogP contribution in [-0.2, 0) is 26.0 Å². The van der Waals surface area contributed by atoms with Gasteiger partial charge in [-0.3, -0.25) is 14.6 Å². The zero-order valence-electron chi connectivity index (χ0n) is 19.8. The van der Waals surface area contributed by atoms with Crippen LogP contribution in [0.3, 0.4) is 0 Å². The van der Waals surface area contributed by atoms with E-state index in [1.807, 2.05) is 24.3 Å². The second-order valence-corrected chi connectivity index (χ2v) is 12.2. The third-order valence-electron chi connectivity index (χ3n) is 6.20. The number of carbonyl (C=O) groups excluding carboxylic acids is 2. The van der Waals surface area contributed by atoms with Gasteiger partial charge in [-0.05, 0) is 47.7 Å². The summed E-state index contributed by atoms with van der Waals surface area (Å²) in [7, 11) is -2.18. The number of sulfonamides is 1. The van der Waals surface area contributed by atoms with Gasteiger partial charge < -0.3 is 9.80 Å². The highest BCUT2D eigenvalue weighted by molar-refractivity contribution is 7.89. The first kappa shape index (κ1) is 26.3. The fraction of sp³-hybridized carbons (Fsp3) is 0.320. The first-order chi connectivity index (χ1) is 17.2. The van der Waals surface area contributed by atoms with Crippen LogP contribution in [0, 0.1) is 0 Å². The Kier molecular flexibility index (Phi) is 8.09. The van der Waals surface area contributed by atoms with Crippen molar-refractivity contribution in [3.63, 3.8) is 0 Å². The summed E-state index contributed by atoms with van der Waals surface area (Å²) in [6.07, 6.45) is 5.48. The monoisotopic (exact) mass is 546 g/mol. The Hall–Kier alpha value is -2.79. The average molecular weight is 547 g/mol. The fourth-order valence-corrected chi connectivity index (χ4v) is 7.42. The molecule has 0 aliphatic carbocycles. The number of amides is 2. The molecule has 2 amide bonds. The van der Waals surface area contributed by atoms with E-state index >= 15 is 0 Å². The van der Waals surface area contributed by atoms with Gasteiger partial charge in [0.2, 0.25) is 21.8 Å². The van der Waals surface area contributed by atoms with Gasteiger partial charge >= 0.3 is 0 Å². The summed E-state index contributed by atoms with van der Waals surface area (Å²) in [6.45, 7) is 4.12. The van der Waals surface area contributed by atoms with Crippen molar-refractivity contribution in [3.8, 4) is 0 Å². The van der Waals surface area contributed by atoms with E-state index in [4.69, 9.17) is 11.6 Å². The molecule has 2 aromatic heterocycles. The van der Waals surface area contributed by atoms with E-state index in [9.17, 15) is 18.0 Å². The van der Waals surface area contributed by atoms with Gasteiger partial charge in [0.25, 0.3) is 0 Å². The van der Waals surface area contributed by atoms with Crippen LogP contribution < -0.4 is 0 Å². The standard InChI is InChI=1S/C25H27ClN4O4S2/c1-3-23(22-14-19-4-5-20(26)15-21(19)35-22)36(33,34)30-13-12-29(25(32)17-30)16-24(31)28(2)11-8-18-6-9-27-10-7-18/h3-7,9-10,14-15,23H,1,8,11-13,16-17H2,2H3. The third-order valence-corrected chi connectivity index (χ3v) is 9.88. The van der Waals surface area contributed by atoms with Gasteiger partial charge in [0.05, 0.1) is 13.1 Å². The smallest absolute Gasteiger partial charge is 0.241 e. The van der Waals surface area contributed by atoms with Gasteiger partial charge in [0.15, 0.2) is 0 Å². The van der Waals surface area contributed by atoms with Crippen molar-refractivity contribution in [2.45, 2.75) is 11.7 Å². The Balaban J connectivity index is 1.38. The van der Waals surface area contributed by atoms with Gasteiger partial charge in [0.1, 0.15) is 5.25 Å². The number of hydrogen-bond donors (Lipinski definition) is 0. The minimum atomic E-state index is -3.88. The zero-order chi connectivity index (χ0) is 25.9. The second-order valence-electron chi connectivity index (χ2n) is 8.60. The molecule has 1 aromatic carbocycles. The number of halogens is 1. The van der Waals surface area contributed by atoms with Crippen LogP contribution in [0.25, 0.3) is 10.1 Å². The molecule has 1 unspecified atom stereocenters. The fourth-order valence-electron chi connectivity index (χ4n) is 4.04. The normalized spacial score (nSPS) is 15.7. The van der Waals surface area contributed by atoms with E-state index in [1.165, 1.54) is 26.6 Å². The van der Waals surface area contributed by atoms with Gasteiger partial charge in [-0.1, -0.05) is 23.7 Å². The lowest BCUT2D eigenvalue weighted by atomic mass is 10.2. The number of nitrogens with zero attached hydrogens (tertiary/aromatic N) is 4. The van der Waals surface area contributed by atoms with Crippen molar-refractivity contribution < 1.29 is 18.0 Å². The SMILES string of the molecule is C=CC(c1cc2ccc(Cl)cc2s1)S(=O)(=O)N1CCN(CC(=O)N(C)CCc2ccncc2)C(=O)C1. The first-order valence-electron chi connectivity index (χ1n) is 11.4. The molecule has 190 valence electrons. The van der Waals surface area contributed by atoms with Gasteiger partial charge in [-0.15, -0.1) is 17.9 Å². The molecule has 0 saturated carbocycles. The number of pyridine rings is 1. The highest BCUT2D eigenvalue weighted by atomic mass is 35.5. The van der Waals surface area contributed by atoms with E-state index in [2.05, 4.69) is 11.6 Å². The molecule has 1 fully saturated rings. The lowest BCUT2D eigenvalue weighted by Gasteiger charge is -2.35. The Morgan fingerprint density at radius 3 is 2.69 bits per heavy atom. The van der Waals surface area contributed by atoms with Crippen LogP contribution in [0.5, 0.6) is 0 Å². The summed E-state index contributed by atoms with van der Waals surface area (Å²) < 4.78 is 29.0. The summed E-state index contributed by atoms with van der Waals surface area (Å²) in [5.74, 6) is -0.590. The maximum atomic E-state index is 13.4. The molecule has 8 nitrogen and oxygen atoms in total. The van der Waals surface area contributed by atoms with Crippen molar-refractivity contribution in [2.75, 3.05) is 39.8 Å². The molecule has 0 N–H and O–H groups in total. The van der Waals surface area contributed by atoms with Crippen LogP contribution in [0.1, 0.15) is 15.7 Å². The van der Waals surface area contributed by atoms with E-state index in [0.29, 0.717) is 22.9 Å². The second kappa shape index (κ2) is 11.1. The number of rotatable bonds is 9. The first-order valence-corrected chi connectivity index (χ1v) is 14.1. The van der Waals surface area contributed by atoms with Crippen LogP contribution in [0.2, 0.25) is 5.02 Å². The number of piperazine rings is 1. The molecular weight excluding hydrogens is 520 g/mol. The average Bonchev–Trinajstić information content (AvgIpc) is 3.26. The van der Waals surface area contributed by atoms with Crippen molar-refractivity contribution in [1.82, 2.24) is 19.1 Å². The van der Waals surface area contributed by atoms with Gasteiger partial charge in [-0.2, -0.15) is 4.31 Å². The number of benzene rings is 1. The highest BCUT2D eigenvalue weighted by Gasteiger charge is 2.37. The minimum Gasteiger partial charge on any atom is -0.344 e. The Morgan fingerprint density at radius 2 is 2.00 bits per heavy atom. The van der Waals surface area contributed by atoms with E-state index in [-0.39, 0.29) is 32.1 Å². The Labute approximate surface area is 219 Å². The van der Waals surface area contributed by atoms with Crippen molar-refractivity contribution in [2.24, 2.45) is 0 Å². The summed E-state index contributed by atoms with van der Waals surface area (Å²) in [5, 5.41) is 0.496. The molecule has 0 radical (unpaired) electrons. The molecule has 0 spiro atoms. The van der Waals surface area contributed by atoms with E-state index in [1.54, 1.807) is 36.5 Å². The summed E-state index contributed by atoms with van der Waals surface area (Å²) in [4.78, 5) is 33.1. The number of aromatic nitrogens is 1. The van der Waals surface area contributed by atoms with Crippen molar-refractivity contribution in [1.29, 1.82) is 0 Å². The molecule has 1 aliphatic rings. The van der Waals surface area contributed by atoms with Crippen LogP contribution in [0.15, 0.2) is 61.4 Å². The van der Waals surface area contributed by atoms with Crippen molar-refractivity contribution >= 4 is 54.9 Å². The molecule has 3 aromatic rings. The number of fused-ring (bicyclic) bond motifs is 1. The summed E-state index contributed by atoms with van der Waals surface area (Å²) in [5.41, 5.74) is 1.07. The largest absolute Gasteiger partial charge is 0.344 e. The van der Waals surface area contributed by atoms with Crippen molar-refractivity contribution in [3.05, 3.63) is 76.9 Å². The maximum absolute atomic E-state index is 13.4. The number of carbonyl (C=O) groups is 2. The quantitative estimate of drug-likeness (QED) is 0.384. The Morgan fingerprint density at radius 1 is 1.25 bits per heavy atom. The molecule has 0 bridgehead atoms. The predicted molar refractivity (Wildman–Crippen MR) is 142 cm³/mol. The topological polar surface area (TPSA) is 90.9 Å². The lowest BCUT2D eigenvalue weighted by molar-refractivity contribution is -0.141. The third kappa shape index (κ3) is 5.78. The predicted octanol–water partition coefficient (Wildman–Crippen LogP) is 3.35. The highest BCUT2D eigenvalue weighted by Crippen LogP contribution is 2.37. The number of thiophene rings is 1. The molecule has 1 saturated heterocycles. The molecule has 3 heterocycles. The lowest BCUT2D eigenvalue weighted by Crippen LogP contribution is -2.55. The van der Waals surface area contributed by atoms with Gasteiger partial charge in [0, 0.05) is 53.7 Å². The zero-order valence-corrected chi connectivity index (χ0v) is 22.2. The Bertz CT molecular complexity index is 1380. The van der Waals surface area contributed by atoms with E-state index < -0.39 is 21.2 Å². The molecule has 11 heteroatoms. The summed E-state index contributed by atoms with van der Waals surface area (Å²) >= 11 is 7.41. The number of likely N-dealkylation sites (N-methyl/N-ethyl adjacent to an activating group) is 1. The maximum Gasteiger partial charge on any atom is 0.241 e.